The highest BCUT2D eigenvalue weighted by molar-refractivity contribution is 7.92. The van der Waals surface area contributed by atoms with Crippen molar-refractivity contribution < 1.29 is 22.7 Å². The lowest BCUT2D eigenvalue weighted by molar-refractivity contribution is -0.0956. The van der Waals surface area contributed by atoms with Gasteiger partial charge in [-0.3, -0.25) is 4.79 Å². The molecule has 25 heavy (non-hydrogen) atoms. The van der Waals surface area contributed by atoms with Crippen LogP contribution in [-0.2, 0) is 19.3 Å². The van der Waals surface area contributed by atoms with Crippen LogP contribution in [-0.4, -0.2) is 57.1 Å². The van der Waals surface area contributed by atoms with Crippen LogP contribution in [0.4, 0.5) is 0 Å². The Kier molecular flexibility index (Phi) is 5.46. The number of carbonyl (C=O) groups is 1. The minimum Gasteiger partial charge on any atom is -0.350 e. The number of hydrogen-bond acceptors (Lipinski definition) is 5. The van der Waals surface area contributed by atoms with E-state index in [1.807, 2.05) is 0 Å². The van der Waals surface area contributed by atoms with Crippen LogP contribution in [0.3, 0.4) is 0 Å². The average Bonchev–Trinajstić information content (AvgIpc) is 3.16. The molecule has 1 aromatic rings. The molecule has 1 aromatic carbocycles. The molecule has 6 nitrogen and oxygen atoms in total. The van der Waals surface area contributed by atoms with Gasteiger partial charge in [-0.25, -0.2) is 8.42 Å². The zero-order valence-corrected chi connectivity index (χ0v) is 15.5. The molecule has 2 saturated heterocycles. The normalized spacial score (nSPS) is 20.4. The highest BCUT2D eigenvalue weighted by atomic mass is 32.2. The smallest absolute Gasteiger partial charge is 0.255 e. The third-order valence-electron chi connectivity index (χ3n) is 4.90. The minimum absolute atomic E-state index is 0.125. The Morgan fingerprint density at radius 3 is 2.32 bits per heavy atom. The zero-order chi connectivity index (χ0) is 18.0. The molecule has 0 aromatic heterocycles. The van der Waals surface area contributed by atoms with Gasteiger partial charge in [0.1, 0.15) is 0 Å². The monoisotopic (exact) mass is 367 g/mol. The molecule has 2 fully saturated rings. The van der Waals surface area contributed by atoms with Crippen molar-refractivity contribution in [1.29, 1.82) is 0 Å². The molecule has 2 aliphatic heterocycles. The average molecular weight is 367 g/mol. The van der Waals surface area contributed by atoms with E-state index in [4.69, 9.17) is 9.47 Å². The van der Waals surface area contributed by atoms with Crippen molar-refractivity contribution in [3.8, 4) is 0 Å². The van der Waals surface area contributed by atoms with Crippen molar-refractivity contribution in [2.75, 3.05) is 26.3 Å². The first-order valence-corrected chi connectivity index (χ1v) is 10.3. The molecule has 2 aliphatic rings. The molecule has 1 amide bonds. The van der Waals surface area contributed by atoms with E-state index in [0.29, 0.717) is 32.2 Å². The van der Waals surface area contributed by atoms with Crippen LogP contribution < -0.4 is 0 Å². The maximum atomic E-state index is 12.9. The Bertz CT molecular complexity index is 717. The Morgan fingerprint density at radius 1 is 1.12 bits per heavy atom. The fraction of sp³-hybridized carbons (Fsp3) is 0.611. The van der Waals surface area contributed by atoms with Gasteiger partial charge in [0.25, 0.3) is 5.91 Å². The van der Waals surface area contributed by atoms with Gasteiger partial charge in [-0.05, 0) is 38.8 Å². The van der Waals surface area contributed by atoms with Gasteiger partial charge in [-0.2, -0.15) is 0 Å². The summed E-state index contributed by atoms with van der Waals surface area (Å²) >= 11 is 0. The quantitative estimate of drug-likeness (QED) is 0.815. The topological polar surface area (TPSA) is 72.9 Å². The first kappa shape index (κ1) is 18.4. The van der Waals surface area contributed by atoms with Crippen molar-refractivity contribution in [2.45, 2.75) is 43.1 Å². The summed E-state index contributed by atoms with van der Waals surface area (Å²) in [4.78, 5) is 14.8. The van der Waals surface area contributed by atoms with E-state index in [2.05, 4.69) is 0 Å². The van der Waals surface area contributed by atoms with Crippen LogP contribution >= 0.6 is 0 Å². The zero-order valence-electron chi connectivity index (χ0n) is 14.7. The molecular formula is C18H25NO5S. The largest absolute Gasteiger partial charge is 0.350 e. The van der Waals surface area contributed by atoms with E-state index < -0.39 is 15.1 Å². The Labute approximate surface area is 149 Å². The Balaban J connectivity index is 1.74. The van der Waals surface area contributed by atoms with E-state index in [1.54, 1.807) is 36.9 Å². The number of nitrogens with zero attached hydrogens (tertiary/aromatic N) is 1. The molecule has 0 unspecified atom stereocenters. The second-order valence-electron chi connectivity index (χ2n) is 6.83. The number of sulfone groups is 1. The predicted octanol–water partition coefficient (Wildman–Crippen LogP) is 2.09. The highest BCUT2D eigenvalue weighted by Gasteiger charge is 2.33. The van der Waals surface area contributed by atoms with Gasteiger partial charge in [-0.1, -0.05) is 12.1 Å². The minimum atomic E-state index is -3.50. The van der Waals surface area contributed by atoms with Gasteiger partial charge in [0.2, 0.25) is 0 Å². The molecule has 3 rings (SSSR count). The Hall–Kier alpha value is -1.44. The van der Waals surface area contributed by atoms with E-state index in [0.717, 1.165) is 12.8 Å². The van der Waals surface area contributed by atoms with E-state index >= 15 is 0 Å². The van der Waals surface area contributed by atoms with Gasteiger partial charge in [0.05, 0.1) is 28.9 Å². The second-order valence-corrected chi connectivity index (χ2v) is 9.30. The highest BCUT2D eigenvalue weighted by Crippen LogP contribution is 2.28. The lowest BCUT2D eigenvalue weighted by Gasteiger charge is -2.34. The Morgan fingerprint density at radius 2 is 1.72 bits per heavy atom. The number of ether oxygens (including phenoxy) is 2. The summed E-state index contributed by atoms with van der Waals surface area (Å²) in [7, 11) is -3.50. The molecule has 0 radical (unpaired) electrons. The number of benzene rings is 1. The molecule has 0 saturated carbocycles. The molecule has 138 valence electrons. The summed E-state index contributed by atoms with van der Waals surface area (Å²) in [6, 6.07) is 6.50. The summed E-state index contributed by atoms with van der Waals surface area (Å²) in [6.45, 7) is 5.69. The molecule has 7 heteroatoms. The van der Waals surface area contributed by atoms with Crippen LogP contribution in [0.1, 0.15) is 37.0 Å². The third kappa shape index (κ3) is 3.73. The van der Waals surface area contributed by atoms with Crippen LogP contribution in [0.15, 0.2) is 29.2 Å². The van der Waals surface area contributed by atoms with Gasteiger partial charge < -0.3 is 14.4 Å². The molecule has 0 aliphatic carbocycles. The van der Waals surface area contributed by atoms with Crippen LogP contribution in [0.2, 0.25) is 0 Å². The maximum absolute atomic E-state index is 12.9. The van der Waals surface area contributed by atoms with Crippen molar-refractivity contribution in [3.63, 3.8) is 0 Å². The van der Waals surface area contributed by atoms with Gasteiger partial charge in [0, 0.05) is 19.0 Å². The molecule has 0 spiro atoms. The summed E-state index contributed by atoms with van der Waals surface area (Å²) in [6.07, 6.45) is 1.44. The predicted molar refractivity (Wildman–Crippen MR) is 93.1 cm³/mol. The summed E-state index contributed by atoms with van der Waals surface area (Å²) in [5, 5.41) is -0.566. The van der Waals surface area contributed by atoms with Crippen molar-refractivity contribution >= 4 is 15.7 Å². The molecular weight excluding hydrogens is 342 g/mol. The van der Waals surface area contributed by atoms with E-state index in [-0.39, 0.29) is 22.7 Å². The van der Waals surface area contributed by atoms with Crippen molar-refractivity contribution in [3.05, 3.63) is 29.8 Å². The van der Waals surface area contributed by atoms with Crippen LogP contribution in [0.5, 0.6) is 0 Å². The summed E-state index contributed by atoms with van der Waals surface area (Å²) < 4.78 is 36.2. The number of rotatable bonds is 4. The molecule has 0 bridgehead atoms. The van der Waals surface area contributed by atoms with Gasteiger partial charge in [0.15, 0.2) is 16.1 Å². The summed E-state index contributed by atoms with van der Waals surface area (Å²) in [5.74, 6) is 0.0766. The molecule has 2 heterocycles. The van der Waals surface area contributed by atoms with Gasteiger partial charge in [-0.15, -0.1) is 0 Å². The number of carbonyl (C=O) groups excluding carboxylic acids is 1. The number of piperidine rings is 1. The first-order valence-electron chi connectivity index (χ1n) is 8.76. The fourth-order valence-electron chi connectivity index (χ4n) is 3.34. The SMILES string of the molecule is CC(C)S(=O)(=O)c1ccccc1C(=O)N1CCC(C2OCCO2)CC1. The fourth-order valence-corrected chi connectivity index (χ4v) is 4.58. The second kappa shape index (κ2) is 7.43. The molecule has 0 N–H and O–H groups in total. The van der Waals surface area contributed by atoms with Crippen LogP contribution in [0.25, 0.3) is 0 Å². The molecule has 0 atom stereocenters. The standard InChI is InChI=1S/C18H25NO5S/c1-13(2)25(21,22)16-6-4-3-5-15(16)17(20)19-9-7-14(8-10-19)18-23-11-12-24-18/h3-6,13-14,18H,7-12H2,1-2H3. The number of hydrogen-bond donors (Lipinski definition) is 0. The van der Waals surface area contributed by atoms with E-state index in [1.165, 1.54) is 6.07 Å². The van der Waals surface area contributed by atoms with Gasteiger partial charge >= 0.3 is 0 Å². The van der Waals surface area contributed by atoms with Crippen molar-refractivity contribution in [1.82, 2.24) is 4.90 Å². The van der Waals surface area contributed by atoms with Crippen molar-refractivity contribution in [2.24, 2.45) is 5.92 Å². The maximum Gasteiger partial charge on any atom is 0.255 e. The first-order chi connectivity index (χ1) is 11.9. The lowest BCUT2D eigenvalue weighted by atomic mass is 9.95. The number of likely N-dealkylation sites (tertiary alicyclic amines) is 1. The van der Waals surface area contributed by atoms with E-state index in [9.17, 15) is 13.2 Å². The number of amides is 1. The third-order valence-corrected chi connectivity index (χ3v) is 7.11. The summed E-state index contributed by atoms with van der Waals surface area (Å²) in [5.41, 5.74) is 0.267. The lowest BCUT2D eigenvalue weighted by Crippen LogP contribution is -2.42. The van der Waals surface area contributed by atoms with Crippen LogP contribution in [0, 0.1) is 5.92 Å².